The summed E-state index contributed by atoms with van der Waals surface area (Å²) in [5.74, 6) is 1.33. The van der Waals surface area contributed by atoms with Crippen LogP contribution >= 0.6 is 11.6 Å². The highest BCUT2D eigenvalue weighted by molar-refractivity contribution is 6.29. The zero-order chi connectivity index (χ0) is 18.3. The van der Waals surface area contributed by atoms with Gasteiger partial charge in [0.2, 0.25) is 5.88 Å². The number of hydrogen-bond acceptors (Lipinski definition) is 7. The lowest BCUT2D eigenvalue weighted by atomic mass is 9.90. The summed E-state index contributed by atoms with van der Waals surface area (Å²) in [4.78, 5) is 17.5. The number of carbonyl (C=O) groups excluding carboxylic acids is 1. The van der Waals surface area contributed by atoms with Crippen LogP contribution in [-0.4, -0.2) is 46.2 Å². The molecular weight excluding hydrogens is 354 g/mol. The van der Waals surface area contributed by atoms with Crippen molar-refractivity contribution < 1.29 is 9.53 Å². The van der Waals surface area contributed by atoms with E-state index in [1.54, 1.807) is 12.3 Å². The molecule has 0 bridgehead atoms. The molecule has 2 aliphatic rings. The van der Waals surface area contributed by atoms with Gasteiger partial charge in [0.25, 0.3) is 0 Å². The number of carbonyl (C=O) groups is 1. The predicted molar refractivity (Wildman–Crippen MR) is 99.3 cm³/mol. The Bertz CT molecular complexity index is 861. The molecule has 2 aromatic heterocycles. The molecular formula is C18H20ClN5O2. The summed E-state index contributed by atoms with van der Waals surface area (Å²) in [6, 6.07) is 3.64. The normalized spacial score (nSPS) is 23.8. The maximum Gasteiger partial charge on any atom is 0.216 e. The highest BCUT2D eigenvalue weighted by Crippen LogP contribution is 2.44. The van der Waals surface area contributed by atoms with Crippen LogP contribution in [0.4, 0.5) is 11.5 Å². The number of hydrogen-bond donors (Lipinski definition) is 1. The van der Waals surface area contributed by atoms with E-state index in [9.17, 15) is 4.79 Å². The fourth-order valence-electron chi connectivity index (χ4n) is 3.93. The summed E-state index contributed by atoms with van der Waals surface area (Å²) >= 11 is 6.07. The summed E-state index contributed by atoms with van der Waals surface area (Å²) in [5.41, 5.74) is 2.32. The van der Waals surface area contributed by atoms with Crippen LogP contribution in [0.15, 0.2) is 18.3 Å². The van der Waals surface area contributed by atoms with E-state index in [1.165, 1.54) is 0 Å². The van der Waals surface area contributed by atoms with Crippen molar-refractivity contribution in [1.29, 1.82) is 0 Å². The lowest BCUT2D eigenvalue weighted by molar-refractivity contribution is 0.112. The zero-order valence-electron chi connectivity index (χ0n) is 14.7. The van der Waals surface area contributed by atoms with Gasteiger partial charge in [0, 0.05) is 36.4 Å². The number of rotatable bonds is 4. The lowest BCUT2D eigenvalue weighted by Gasteiger charge is -2.43. The third kappa shape index (κ3) is 2.76. The molecule has 26 heavy (non-hydrogen) atoms. The summed E-state index contributed by atoms with van der Waals surface area (Å²) < 4.78 is 6.20. The molecule has 1 N–H and O–H groups in total. The molecule has 0 aliphatic carbocycles. The number of halogens is 1. The molecule has 0 saturated carbocycles. The van der Waals surface area contributed by atoms with Crippen LogP contribution in [-0.2, 0) is 0 Å². The first-order valence-corrected chi connectivity index (χ1v) is 9.05. The van der Waals surface area contributed by atoms with Crippen molar-refractivity contribution in [1.82, 2.24) is 15.2 Å². The van der Waals surface area contributed by atoms with Crippen molar-refractivity contribution in [3.05, 3.63) is 34.6 Å². The largest absolute Gasteiger partial charge is 0.472 e. The van der Waals surface area contributed by atoms with Gasteiger partial charge in [-0.2, -0.15) is 0 Å². The molecule has 0 unspecified atom stereocenters. The number of aromatic nitrogens is 3. The molecule has 4 heterocycles. The molecule has 7 nitrogen and oxygen atoms in total. The molecule has 1 saturated heterocycles. The van der Waals surface area contributed by atoms with E-state index >= 15 is 0 Å². The van der Waals surface area contributed by atoms with E-state index < -0.39 is 0 Å². The first kappa shape index (κ1) is 17.0. The Morgan fingerprint density at radius 3 is 3.04 bits per heavy atom. The average molecular weight is 374 g/mol. The Morgan fingerprint density at radius 1 is 1.46 bits per heavy atom. The van der Waals surface area contributed by atoms with E-state index in [2.05, 4.69) is 32.3 Å². The number of aldehydes is 1. The molecule has 136 valence electrons. The maximum absolute atomic E-state index is 10.9. The van der Waals surface area contributed by atoms with Crippen molar-refractivity contribution in [3.8, 4) is 5.88 Å². The number of nitrogens with one attached hydrogen (secondary N) is 1. The molecule has 1 fully saturated rings. The fraction of sp³-hybridized carbons (Fsp3) is 0.444. The Hall–Kier alpha value is -2.41. The summed E-state index contributed by atoms with van der Waals surface area (Å²) in [5, 5.41) is 11.9. The molecule has 0 amide bonds. The topological polar surface area (TPSA) is 80.2 Å². The summed E-state index contributed by atoms with van der Waals surface area (Å²) in [6.07, 6.45) is 4.16. The van der Waals surface area contributed by atoms with E-state index in [4.69, 9.17) is 16.3 Å². The maximum atomic E-state index is 10.9. The minimum absolute atomic E-state index is 0.0112. The van der Waals surface area contributed by atoms with Crippen LogP contribution in [0.5, 0.6) is 5.88 Å². The SMILES string of the molecule is CC[C@]12CNc3nnc(Cl)cc3N1C[C@H](Oc1ncc(C=O)cc1C)C2. The van der Waals surface area contributed by atoms with Gasteiger partial charge in [0.15, 0.2) is 17.3 Å². The second-order valence-electron chi connectivity index (χ2n) is 6.90. The lowest BCUT2D eigenvalue weighted by Crippen LogP contribution is -2.52. The van der Waals surface area contributed by atoms with Crippen LogP contribution in [0, 0.1) is 6.92 Å². The van der Waals surface area contributed by atoms with Crippen LogP contribution < -0.4 is 15.0 Å². The van der Waals surface area contributed by atoms with Gasteiger partial charge >= 0.3 is 0 Å². The van der Waals surface area contributed by atoms with Gasteiger partial charge in [-0.25, -0.2) is 4.98 Å². The van der Waals surface area contributed by atoms with E-state index in [1.807, 2.05) is 13.0 Å². The molecule has 8 heteroatoms. The number of fused-ring (bicyclic) bond motifs is 3. The number of ether oxygens (including phenoxy) is 1. The van der Waals surface area contributed by atoms with Gasteiger partial charge in [-0.3, -0.25) is 4.79 Å². The van der Waals surface area contributed by atoms with E-state index in [0.29, 0.717) is 16.6 Å². The number of nitrogens with zero attached hydrogens (tertiary/aromatic N) is 4. The second kappa shape index (κ2) is 6.39. The zero-order valence-corrected chi connectivity index (χ0v) is 15.5. The van der Waals surface area contributed by atoms with Gasteiger partial charge in [-0.1, -0.05) is 18.5 Å². The number of aryl methyl sites for hydroxylation is 1. The third-order valence-electron chi connectivity index (χ3n) is 5.31. The molecule has 0 radical (unpaired) electrons. The first-order chi connectivity index (χ1) is 12.5. The van der Waals surface area contributed by atoms with Crippen LogP contribution in [0.3, 0.4) is 0 Å². The predicted octanol–water partition coefficient (Wildman–Crippen LogP) is 2.88. The standard InChI is InChI=1S/C18H20ClN5O2/c1-3-18-6-13(26-17-11(2)4-12(9-25)7-20-17)8-24(18)14-5-15(19)22-23-16(14)21-10-18/h4-5,7,9,13H,3,6,8,10H2,1-2H3,(H,21,23)/t13-,18+/m1/s1. The second-order valence-corrected chi connectivity index (χ2v) is 7.28. The monoisotopic (exact) mass is 373 g/mol. The molecule has 4 rings (SSSR count). The van der Waals surface area contributed by atoms with Crippen molar-refractivity contribution in [3.63, 3.8) is 0 Å². The van der Waals surface area contributed by atoms with Gasteiger partial charge in [-0.15, -0.1) is 10.2 Å². The van der Waals surface area contributed by atoms with Gasteiger partial charge in [-0.05, 0) is 19.4 Å². The number of pyridine rings is 1. The van der Waals surface area contributed by atoms with Crippen molar-refractivity contribution >= 4 is 29.4 Å². The third-order valence-corrected chi connectivity index (χ3v) is 5.49. The van der Waals surface area contributed by atoms with Gasteiger partial charge < -0.3 is 15.0 Å². The van der Waals surface area contributed by atoms with Crippen molar-refractivity contribution in [2.75, 3.05) is 23.3 Å². The Balaban J connectivity index is 1.61. The average Bonchev–Trinajstić information content (AvgIpc) is 3.02. The Labute approximate surface area is 156 Å². The van der Waals surface area contributed by atoms with Crippen LogP contribution in [0.25, 0.3) is 0 Å². The quantitative estimate of drug-likeness (QED) is 0.825. The molecule has 2 atom stereocenters. The van der Waals surface area contributed by atoms with Gasteiger partial charge in [0.05, 0.1) is 17.8 Å². The van der Waals surface area contributed by atoms with Crippen molar-refractivity contribution in [2.45, 2.75) is 38.3 Å². The number of anilines is 2. The summed E-state index contributed by atoms with van der Waals surface area (Å²) in [7, 11) is 0. The molecule has 2 aromatic rings. The van der Waals surface area contributed by atoms with E-state index in [-0.39, 0.29) is 11.6 Å². The minimum atomic E-state index is -0.0549. The van der Waals surface area contributed by atoms with Gasteiger partial charge in [0.1, 0.15) is 6.10 Å². The fourth-order valence-corrected chi connectivity index (χ4v) is 4.07. The van der Waals surface area contributed by atoms with Crippen LogP contribution in [0.2, 0.25) is 5.15 Å². The Kier molecular flexibility index (Phi) is 4.19. The van der Waals surface area contributed by atoms with Crippen molar-refractivity contribution in [2.24, 2.45) is 0 Å². The highest BCUT2D eigenvalue weighted by Gasteiger charge is 2.48. The molecule has 0 aromatic carbocycles. The smallest absolute Gasteiger partial charge is 0.216 e. The van der Waals surface area contributed by atoms with Crippen LogP contribution in [0.1, 0.15) is 35.7 Å². The van der Waals surface area contributed by atoms with E-state index in [0.717, 1.165) is 49.3 Å². The highest BCUT2D eigenvalue weighted by atomic mass is 35.5. The molecule has 0 spiro atoms. The minimum Gasteiger partial charge on any atom is -0.472 e. The first-order valence-electron chi connectivity index (χ1n) is 8.68. The molecule has 2 aliphatic heterocycles. The summed E-state index contributed by atoms with van der Waals surface area (Å²) in [6.45, 7) is 5.59. The Morgan fingerprint density at radius 2 is 2.31 bits per heavy atom.